The molecule has 0 aliphatic carbocycles. The maximum Gasteiger partial charge on any atom is 0.411 e. The molecular formula is C17H23NO5. The van der Waals surface area contributed by atoms with Crippen molar-refractivity contribution in [3.05, 3.63) is 29.8 Å². The van der Waals surface area contributed by atoms with Gasteiger partial charge in [0.25, 0.3) is 0 Å². The van der Waals surface area contributed by atoms with Crippen LogP contribution in [0.5, 0.6) is 0 Å². The summed E-state index contributed by atoms with van der Waals surface area (Å²) in [6.45, 7) is 4.04. The maximum atomic E-state index is 11.7. The zero-order valence-electron chi connectivity index (χ0n) is 13.7. The lowest BCUT2D eigenvalue weighted by atomic mass is 10.1. The van der Waals surface area contributed by atoms with Gasteiger partial charge >= 0.3 is 12.1 Å². The molecule has 1 atom stereocenters. The van der Waals surface area contributed by atoms with Crippen LogP contribution < -0.4 is 5.32 Å². The highest BCUT2D eigenvalue weighted by atomic mass is 16.5. The number of ether oxygens (including phenoxy) is 2. The summed E-state index contributed by atoms with van der Waals surface area (Å²) >= 11 is 0. The fourth-order valence-corrected chi connectivity index (χ4v) is 1.88. The van der Waals surface area contributed by atoms with Gasteiger partial charge < -0.3 is 9.47 Å². The Morgan fingerprint density at radius 1 is 1.22 bits per heavy atom. The summed E-state index contributed by atoms with van der Waals surface area (Å²) in [4.78, 5) is 33.8. The molecule has 0 radical (unpaired) electrons. The van der Waals surface area contributed by atoms with Crippen molar-refractivity contribution in [1.29, 1.82) is 0 Å². The summed E-state index contributed by atoms with van der Waals surface area (Å²) in [7, 11) is 1.28. The lowest BCUT2D eigenvalue weighted by Gasteiger charge is -2.13. The molecule has 23 heavy (non-hydrogen) atoms. The Labute approximate surface area is 136 Å². The van der Waals surface area contributed by atoms with E-state index in [0.717, 1.165) is 12.0 Å². The molecule has 0 heterocycles. The van der Waals surface area contributed by atoms with Crippen LogP contribution in [0, 0.1) is 5.92 Å². The van der Waals surface area contributed by atoms with Gasteiger partial charge in [-0.15, -0.1) is 0 Å². The van der Waals surface area contributed by atoms with E-state index in [-0.39, 0.29) is 5.97 Å². The van der Waals surface area contributed by atoms with Crippen LogP contribution in [0.1, 0.15) is 32.3 Å². The van der Waals surface area contributed by atoms with Crippen molar-refractivity contribution in [3.8, 4) is 0 Å². The first kappa shape index (κ1) is 18.7. The van der Waals surface area contributed by atoms with Crippen molar-refractivity contribution in [3.63, 3.8) is 0 Å². The van der Waals surface area contributed by atoms with E-state index in [1.807, 2.05) is 13.8 Å². The molecule has 0 aliphatic rings. The third-order valence-corrected chi connectivity index (χ3v) is 3.18. The first-order valence-electron chi connectivity index (χ1n) is 7.53. The lowest BCUT2D eigenvalue weighted by molar-refractivity contribution is -0.152. The fraction of sp³-hybridized carbons (Fsp3) is 0.471. The second kappa shape index (κ2) is 9.61. The van der Waals surface area contributed by atoms with E-state index in [1.165, 1.54) is 7.11 Å². The van der Waals surface area contributed by atoms with E-state index < -0.39 is 12.2 Å². The average molecular weight is 321 g/mol. The van der Waals surface area contributed by atoms with Gasteiger partial charge in [0.05, 0.1) is 7.11 Å². The zero-order valence-corrected chi connectivity index (χ0v) is 13.7. The molecule has 0 fully saturated rings. The van der Waals surface area contributed by atoms with Gasteiger partial charge in [-0.3, -0.25) is 14.9 Å². The Kier molecular flexibility index (Phi) is 7.80. The standard InChI is InChI=1S/C17H23NO5/c1-12(2)4-9-16(20)23-15(11-19)10-13-5-7-14(8-6-13)18-17(21)22-3/h5-8,11-12,15H,4,9-10H2,1-3H3,(H,18,21)/t15-/m1/s1. The third-order valence-electron chi connectivity index (χ3n) is 3.18. The Bertz CT molecular complexity index is 524. The van der Waals surface area contributed by atoms with E-state index >= 15 is 0 Å². The van der Waals surface area contributed by atoms with Crippen LogP contribution in [-0.4, -0.2) is 31.6 Å². The number of hydrogen-bond donors (Lipinski definition) is 1. The van der Waals surface area contributed by atoms with Crippen molar-refractivity contribution in [1.82, 2.24) is 0 Å². The van der Waals surface area contributed by atoms with Crippen molar-refractivity contribution in [2.24, 2.45) is 5.92 Å². The summed E-state index contributed by atoms with van der Waals surface area (Å²) in [6.07, 6.45) is 0.627. The summed E-state index contributed by atoms with van der Waals surface area (Å²) < 4.78 is 9.67. The first-order valence-corrected chi connectivity index (χ1v) is 7.53. The van der Waals surface area contributed by atoms with E-state index in [0.29, 0.717) is 30.7 Å². The molecule has 0 spiro atoms. The van der Waals surface area contributed by atoms with Gasteiger partial charge in [0.2, 0.25) is 0 Å². The highest BCUT2D eigenvalue weighted by molar-refractivity contribution is 5.84. The number of benzene rings is 1. The molecule has 0 unspecified atom stereocenters. The average Bonchev–Trinajstić information content (AvgIpc) is 2.53. The number of hydrogen-bond acceptors (Lipinski definition) is 5. The van der Waals surface area contributed by atoms with Gasteiger partial charge in [-0.2, -0.15) is 0 Å². The normalized spacial score (nSPS) is 11.7. The molecule has 6 heteroatoms. The number of aldehydes is 1. The van der Waals surface area contributed by atoms with E-state index in [9.17, 15) is 14.4 Å². The number of carbonyl (C=O) groups excluding carboxylic acids is 3. The van der Waals surface area contributed by atoms with Crippen LogP contribution in [0.15, 0.2) is 24.3 Å². The molecule has 1 rings (SSSR count). The number of carbonyl (C=O) groups is 3. The van der Waals surface area contributed by atoms with Gasteiger partial charge in [0, 0.05) is 18.5 Å². The molecule has 0 bridgehead atoms. The molecule has 1 aromatic rings. The van der Waals surface area contributed by atoms with Crippen LogP contribution in [0.2, 0.25) is 0 Å². The van der Waals surface area contributed by atoms with E-state index in [1.54, 1.807) is 24.3 Å². The minimum atomic E-state index is -0.797. The third kappa shape index (κ3) is 7.44. The highest BCUT2D eigenvalue weighted by Crippen LogP contribution is 2.13. The number of methoxy groups -OCH3 is 1. The molecule has 0 saturated heterocycles. The molecule has 1 amide bonds. The number of amides is 1. The minimum Gasteiger partial charge on any atom is -0.454 e. The summed E-state index contributed by atoms with van der Waals surface area (Å²) in [5, 5.41) is 2.53. The predicted octanol–water partition coefficient (Wildman–Crippen LogP) is 2.95. The van der Waals surface area contributed by atoms with E-state index in [2.05, 4.69) is 10.1 Å². The lowest BCUT2D eigenvalue weighted by Crippen LogP contribution is -2.22. The van der Waals surface area contributed by atoms with Crippen molar-refractivity contribution in [2.45, 2.75) is 39.2 Å². The second-order valence-corrected chi connectivity index (χ2v) is 5.61. The number of anilines is 1. The van der Waals surface area contributed by atoms with Crippen LogP contribution in [-0.2, 0) is 25.5 Å². The predicted molar refractivity (Wildman–Crippen MR) is 86.2 cm³/mol. The summed E-state index contributed by atoms with van der Waals surface area (Å²) in [5.41, 5.74) is 1.41. The van der Waals surface area contributed by atoms with Crippen molar-refractivity contribution in [2.75, 3.05) is 12.4 Å². The maximum absolute atomic E-state index is 11.7. The summed E-state index contributed by atoms with van der Waals surface area (Å²) in [6, 6.07) is 6.89. The monoisotopic (exact) mass is 321 g/mol. The van der Waals surface area contributed by atoms with Crippen LogP contribution in [0.4, 0.5) is 10.5 Å². The number of esters is 1. The molecule has 0 aromatic heterocycles. The molecule has 1 N–H and O–H groups in total. The van der Waals surface area contributed by atoms with E-state index in [4.69, 9.17) is 4.74 Å². The molecular weight excluding hydrogens is 298 g/mol. The Morgan fingerprint density at radius 3 is 2.39 bits per heavy atom. The largest absolute Gasteiger partial charge is 0.454 e. The molecule has 0 aliphatic heterocycles. The number of nitrogens with one attached hydrogen (secondary N) is 1. The van der Waals surface area contributed by atoms with Crippen molar-refractivity contribution >= 4 is 24.0 Å². The van der Waals surface area contributed by atoms with Gasteiger partial charge in [-0.1, -0.05) is 26.0 Å². The SMILES string of the molecule is COC(=O)Nc1ccc(C[C@H](C=O)OC(=O)CCC(C)C)cc1. The zero-order chi connectivity index (χ0) is 17.2. The summed E-state index contributed by atoms with van der Waals surface area (Å²) in [5.74, 6) is 0.0480. The molecule has 126 valence electrons. The molecule has 1 aromatic carbocycles. The van der Waals surface area contributed by atoms with Crippen LogP contribution in [0.3, 0.4) is 0 Å². The smallest absolute Gasteiger partial charge is 0.411 e. The van der Waals surface area contributed by atoms with Gasteiger partial charge in [-0.05, 0) is 30.0 Å². The Morgan fingerprint density at radius 2 is 1.87 bits per heavy atom. The quantitative estimate of drug-likeness (QED) is 0.588. The fourth-order valence-electron chi connectivity index (χ4n) is 1.88. The van der Waals surface area contributed by atoms with Gasteiger partial charge in [0.1, 0.15) is 0 Å². The highest BCUT2D eigenvalue weighted by Gasteiger charge is 2.15. The van der Waals surface area contributed by atoms with Crippen LogP contribution >= 0.6 is 0 Å². The second-order valence-electron chi connectivity index (χ2n) is 5.61. The topological polar surface area (TPSA) is 81.7 Å². The Balaban J connectivity index is 2.53. The van der Waals surface area contributed by atoms with Crippen LogP contribution in [0.25, 0.3) is 0 Å². The molecule has 6 nitrogen and oxygen atoms in total. The first-order chi connectivity index (χ1) is 10.9. The molecule has 0 saturated carbocycles. The minimum absolute atomic E-state index is 0.301. The van der Waals surface area contributed by atoms with Gasteiger partial charge in [-0.25, -0.2) is 4.79 Å². The Hall–Kier alpha value is -2.37. The number of rotatable bonds is 8. The van der Waals surface area contributed by atoms with Crippen molar-refractivity contribution < 1.29 is 23.9 Å². The van der Waals surface area contributed by atoms with Gasteiger partial charge in [0.15, 0.2) is 12.4 Å².